The van der Waals surface area contributed by atoms with Crippen molar-refractivity contribution >= 4 is 28.5 Å². The highest BCUT2D eigenvalue weighted by molar-refractivity contribution is 5.93. The van der Waals surface area contributed by atoms with Crippen molar-refractivity contribution < 1.29 is 18.9 Å². The number of carbonyl (C=O) groups is 3. The number of hydrogen-bond donors (Lipinski definition) is 2. The number of carbonyl (C=O) groups excluding carboxylic acids is 3. The minimum absolute atomic E-state index is 0.102. The second-order valence-corrected chi connectivity index (χ2v) is 11.4. The Labute approximate surface area is 251 Å². The average Bonchev–Trinajstić information content (AvgIpc) is 3.47. The molecule has 0 fully saturated rings. The summed E-state index contributed by atoms with van der Waals surface area (Å²) >= 11 is 0. The zero-order valence-electron chi connectivity index (χ0n) is 25.2. The molecular weight excluding hydrogens is 544 g/mol. The number of aromatic nitrogens is 2. The normalized spacial score (nSPS) is 13.1. The van der Waals surface area contributed by atoms with Gasteiger partial charge in [-0.1, -0.05) is 84.0 Å². The van der Waals surface area contributed by atoms with Crippen molar-refractivity contribution in [3.05, 3.63) is 108 Å². The number of benzene rings is 3. The van der Waals surface area contributed by atoms with Gasteiger partial charge >= 0.3 is 0 Å². The molecule has 0 radical (unpaired) electrons. The standard InChI is InChI=1S/C33H38N6O4/c1-33(2,34)18-17-28(40)35-26(20-23-15-16-24-13-9-10-14-25(24)19-23)31(41)39(5)27(21-22-11-7-6-8-12-22)30-36-29(37-43-30)32(42)38(3)4/h6-19,26-27H,20-21,34H2,1-5H3,(H,35,40). The van der Waals surface area contributed by atoms with Gasteiger partial charge in [-0.15, -0.1) is 0 Å². The summed E-state index contributed by atoms with van der Waals surface area (Å²) in [6.45, 7) is 3.55. The average molecular weight is 583 g/mol. The topological polar surface area (TPSA) is 135 Å². The molecule has 0 aliphatic carbocycles. The van der Waals surface area contributed by atoms with E-state index in [1.165, 1.54) is 15.9 Å². The van der Waals surface area contributed by atoms with Gasteiger partial charge < -0.3 is 25.4 Å². The van der Waals surface area contributed by atoms with Gasteiger partial charge in [0, 0.05) is 45.6 Å². The molecule has 4 aromatic rings. The van der Waals surface area contributed by atoms with Crippen molar-refractivity contribution in [2.24, 2.45) is 5.73 Å². The fourth-order valence-electron chi connectivity index (χ4n) is 4.60. The molecule has 10 heteroatoms. The Morgan fingerprint density at radius 1 is 0.930 bits per heavy atom. The Hall–Kier alpha value is -4.83. The first-order valence-electron chi connectivity index (χ1n) is 14.0. The van der Waals surface area contributed by atoms with Crippen LogP contribution in [0.4, 0.5) is 0 Å². The van der Waals surface area contributed by atoms with Crippen LogP contribution >= 0.6 is 0 Å². The Morgan fingerprint density at radius 3 is 2.28 bits per heavy atom. The maximum absolute atomic E-state index is 14.2. The molecule has 3 aromatic carbocycles. The first kappa shape index (κ1) is 31.1. The SMILES string of the molecule is CN(C)C(=O)c1noc(C(Cc2ccccc2)N(C)C(=O)C(Cc2ccc3ccccc3c2)NC(=O)C=CC(C)(C)N)n1. The first-order chi connectivity index (χ1) is 20.4. The largest absolute Gasteiger partial charge is 0.342 e. The number of nitrogens with two attached hydrogens (primary N) is 1. The first-order valence-corrected chi connectivity index (χ1v) is 14.0. The van der Waals surface area contributed by atoms with Crippen molar-refractivity contribution in [1.29, 1.82) is 0 Å². The number of nitrogens with one attached hydrogen (secondary N) is 1. The van der Waals surface area contributed by atoms with E-state index in [0.29, 0.717) is 6.42 Å². The van der Waals surface area contributed by atoms with Gasteiger partial charge in [0.05, 0.1) is 0 Å². The predicted octanol–water partition coefficient (Wildman–Crippen LogP) is 3.69. The molecule has 3 N–H and O–H groups in total. The molecule has 2 unspecified atom stereocenters. The Morgan fingerprint density at radius 2 is 1.60 bits per heavy atom. The third-order valence-corrected chi connectivity index (χ3v) is 6.94. The summed E-state index contributed by atoms with van der Waals surface area (Å²) in [5.41, 5.74) is 7.13. The fraction of sp³-hybridized carbons (Fsp3) is 0.303. The number of likely N-dealkylation sites (N-methyl/N-ethyl adjacent to an activating group) is 1. The molecular formula is C33H38N6O4. The Bertz CT molecular complexity index is 1610. The van der Waals surface area contributed by atoms with Crippen LogP contribution in [0.5, 0.6) is 0 Å². The number of rotatable bonds is 11. The molecule has 0 spiro atoms. The third-order valence-electron chi connectivity index (χ3n) is 6.94. The quantitative estimate of drug-likeness (QED) is 0.258. The second-order valence-electron chi connectivity index (χ2n) is 11.4. The van der Waals surface area contributed by atoms with Crippen LogP contribution in [-0.2, 0) is 22.4 Å². The molecule has 1 heterocycles. The lowest BCUT2D eigenvalue weighted by atomic mass is 9.99. The molecule has 43 heavy (non-hydrogen) atoms. The van der Waals surface area contributed by atoms with Gasteiger partial charge in [0.15, 0.2) is 0 Å². The highest BCUT2D eigenvalue weighted by Gasteiger charge is 2.33. The van der Waals surface area contributed by atoms with Gasteiger partial charge in [0.2, 0.25) is 17.7 Å². The summed E-state index contributed by atoms with van der Waals surface area (Å²) < 4.78 is 5.53. The predicted molar refractivity (Wildman–Crippen MR) is 165 cm³/mol. The van der Waals surface area contributed by atoms with E-state index in [-0.39, 0.29) is 24.0 Å². The highest BCUT2D eigenvalue weighted by Crippen LogP contribution is 2.25. The Balaban J connectivity index is 1.68. The lowest BCUT2D eigenvalue weighted by molar-refractivity contribution is -0.137. The molecule has 1 aromatic heterocycles. The van der Waals surface area contributed by atoms with Crippen molar-refractivity contribution in [2.75, 3.05) is 21.1 Å². The van der Waals surface area contributed by atoms with E-state index in [0.717, 1.165) is 21.9 Å². The zero-order chi connectivity index (χ0) is 31.1. The minimum atomic E-state index is -0.923. The molecule has 0 aliphatic heterocycles. The van der Waals surface area contributed by atoms with Gasteiger partial charge in [0.25, 0.3) is 11.7 Å². The minimum Gasteiger partial charge on any atom is -0.342 e. The smallest absolute Gasteiger partial charge is 0.294 e. The van der Waals surface area contributed by atoms with Crippen LogP contribution < -0.4 is 11.1 Å². The van der Waals surface area contributed by atoms with E-state index in [1.54, 1.807) is 41.1 Å². The lowest BCUT2D eigenvalue weighted by Crippen LogP contribution is -2.49. The van der Waals surface area contributed by atoms with Crippen molar-refractivity contribution in [3.63, 3.8) is 0 Å². The fourth-order valence-corrected chi connectivity index (χ4v) is 4.60. The van der Waals surface area contributed by atoms with Crippen LogP contribution in [0, 0.1) is 0 Å². The summed E-state index contributed by atoms with van der Waals surface area (Å²) in [6, 6.07) is 21.8. The van der Waals surface area contributed by atoms with E-state index in [4.69, 9.17) is 10.3 Å². The van der Waals surface area contributed by atoms with Crippen LogP contribution in [0.2, 0.25) is 0 Å². The van der Waals surface area contributed by atoms with Crippen LogP contribution in [-0.4, -0.2) is 70.4 Å². The molecule has 0 bridgehead atoms. The maximum atomic E-state index is 14.2. The molecule has 0 aliphatic rings. The van der Waals surface area contributed by atoms with Crippen LogP contribution in [0.25, 0.3) is 10.8 Å². The second kappa shape index (κ2) is 13.4. The van der Waals surface area contributed by atoms with E-state index in [9.17, 15) is 14.4 Å². The number of hydrogen-bond acceptors (Lipinski definition) is 7. The molecule has 2 atom stereocenters. The van der Waals surface area contributed by atoms with Gasteiger partial charge in [-0.05, 0) is 35.7 Å². The maximum Gasteiger partial charge on any atom is 0.294 e. The van der Waals surface area contributed by atoms with Crippen molar-refractivity contribution in [3.8, 4) is 0 Å². The molecule has 3 amide bonds. The molecule has 224 valence electrons. The van der Waals surface area contributed by atoms with Gasteiger partial charge in [-0.3, -0.25) is 14.4 Å². The Kier molecular flexibility index (Phi) is 9.72. The van der Waals surface area contributed by atoms with E-state index in [1.807, 2.05) is 72.8 Å². The van der Waals surface area contributed by atoms with Crippen LogP contribution in [0.3, 0.4) is 0 Å². The van der Waals surface area contributed by atoms with Crippen LogP contribution in [0.15, 0.2) is 89.5 Å². The highest BCUT2D eigenvalue weighted by atomic mass is 16.5. The molecule has 0 saturated heterocycles. The summed E-state index contributed by atoms with van der Waals surface area (Å²) in [5, 5.41) is 8.85. The number of amides is 3. The summed E-state index contributed by atoms with van der Waals surface area (Å²) in [7, 11) is 4.82. The number of fused-ring (bicyclic) bond motifs is 1. The summed E-state index contributed by atoms with van der Waals surface area (Å²) in [6.07, 6.45) is 3.52. The molecule has 0 saturated carbocycles. The van der Waals surface area contributed by atoms with Gasteiger partial charge in [-0.2, -0.15) is 4.98 Å². The zero-order valence-corrected chi connectivity index (χ0v) is 25.2. The monoisotopic (exact) mass is 582 g/mol. The number of nitrogens with zero attached hydrogens (tertiary/aromatic N) is 4. The molecule has 4 rings (SSSR count). The summed E-state index contributed by atoms with van der Waals surface area (Å²) in [5.74, 6) is -1.21. The van der Waals surface area contributed by atoms with Crippen LogP contribution in [0.1, 0.15) is 47.5 Å². The van der Waals surface area contributed by atoms with E-state index >= 15 is 0 Å². The lowest BCUT2D eigenvalue weighted by Gasteiger charge is -2.30. The van der Waals surface area contributed by atoms with Gasteiger partial charge in [0.1, 0.15) is 12.1 Å². The molecule has 10 nitrogen and oxygen atoms in total. The van der Waals surface area contributed by atoms with Crippen molar-refractivity contribution in [1.82, 2.24) is 25.3 Å². The van der Waals surface area contributed by atoms with E-state index < -0.39 is 29.4 Å². The van der Waals surface area contributed by atoms with E-state index in [2.05, 4.69) is 15.5 Å². The van der Waals surface area contributed by atoms with Gasteiger partial charge in [-0.25, -0.2) is 0 Å². The third kappa shape index (κ3) is 8.36. The summed E-state index contributed by atoms with van der Waals surface area (Å²) in [4.78, 5) is 46.9. The van der Waals surface area contributed by atoms with Crippen molar-refractivity contribution in [2.45, 2.75) is 44.3 Å².